The second-order valence-corrected chi connectivity index (χ2v) is 5.52. The van der Waals surface area contributed by atoms with Crippen molar-refractivity contribution >= 4 is 69.5 Å². The lowest BCUT2D eigenvalue weighted by Crippen LogP contribution is -2.19. The van der Waals surface area contributed by atoms with Crippen molar-refractivity contribution in [3.63, 3.8) is 0 Å². The molecule has 0 heterocycles. The van der Waals surface area contributed by atoms with Gasteiger partial charge in [0.05, 0.1) is 15.1 Å². The van der Waals surface area contributed by atoms with Crippen LogP contribution < -0.4 is 0 Å². The van der Waals surface area contributed by atoms with E-state index in [0.717, 1.165) is 0 Å². The van der Waals surface area contributed by atoms with Crippen LogP contribution in [0.15, 0.2) is 22.4 Å². The Balaban J connectivity index is 3.08. The molecule has 0 aliphatic carbocycles. The fourth-order valence-corrected chi connectivity index (χ4v) is 1.43. The Morgan fingerprint density at radius 3 is 2.18 bits per heavy atom. The quantitative estimate of drug-likeness (QED) is 0.313. The van der Waals surface area contributed by atoms with Crippen LogP contribution in [0.2, 0.25) is 15.1 Å². The van der Waals surface area contributed by atoms with E-state index in [9.17, 15) is 4.79 Å². The van der Waals surface area contributed by atoms with Crippen molar-refractivity contribution in [2.45, 2.75) is 11.4 Å². The average molecular weight is 334 g/mol. The molecule has 0 saturated carbocycles. The number of hydrogen-bond acceptors (Lipinski definition) is 3. The number of carbonyl (C=O) groups excluding carboxylic acids is 1. The summed E-state index contributed by atoms with van der Waals surface area (Å²) in [6.45, 7) is 1.19. The van der Waals surface area contributed by atoms with Gasteiger partial charge in [0, 0.05) is 0 Å². The number of azo groups is 1. The molecule has 17 heavy (non-hydrogen) atoms. The van der Waals surface area contributed by atoms with Crippen molar-refractivity contribution in [3.8, 4) is 0 Å². The van der Waals surface area contributed by atoms with Gasteiger partial charge in [-0.1, -0.05) is 58.0 Å². The minimum Gasteiger partial charge on any atom is -0.294 e. The van der Waals surface area contributed by atoms with E-state index >= 15 is 0 Å². The van der Waals surface area contributed by atoms with Gasteiger partial charge in [-0.05, 0) is 19.1 Å². The molecule has 0 atom stereocenters. The summed E-state index contributed by atoms with van der Waals surface area (Å²) in [5.74, 6) is -0.555. The standard InChI is InChI=1S/C9H5Cl5N2O/c1-4(17)9(13,14)16-15-8-3-6(11)5(10)2-7(8)12/h2-3H,1H3. The van der Waals surface area contributed by atoms with Crippen molar-refractivity contribution < 1.29 is 4.79 Å². The van der Waals surface area contributed by atoms with Crippen LogP contribution in [0.3, 0.4) is 0 Å². The van der Waals surface area contributed by atoms with E-state index in [2.05, 4.69) is 10.2 Å². The maximum absolute atomic E-state index is 11.0. The minimum atomic E-state index is -1.94. The first-order valence-corrected chi connectivity index (χ1v) is 6.09. The van der Waals surface area contributed by atoms with Crippen molar-refractivity contribution in [2.75, 3.05) is 0 Å². The maximum atomic E-state index is 11.0. The molecule has 0 N–H and O–H groups in total. The van der Waals surface area contributed by atoms with Crippen molar-refractivity contribution in [3.05, 3.63) is 27.2 Å². The van der Waals surface area contributed by atoms with Crippen molar-refractivity contribution in [2.24, 2.45) is 10.2 Å². The van der Waals surface area contributed by atoms with Gasteiger partial charge >= 0.3 is 0 Å². The van der Waals surface area contributed by atoms with E-state index in [1.165, 1.54) is 19.1 Å². The highest BCUT2D eigenvalue weighted by atomic mass is 35.5. The van der Waals surface area contributed by atoms with Crippen LogP contribution in [0.4, 0.5) is 5.69 Å². The van der Waals surface area contributed by atoms with Crippen molar-refractivity contribution in [1.29, 1.82) is 0 Å². The Labute approximate surface area is 123 Å². The highest BCUT2D eigenvalue weighted by Crippen LogP contribution is 2.35. The highest BCUT2D eigenvalue weighted by Gasteiger charge is 2.29. The molecule has 0 bridgehead atoms. The molecule has 0 radical (unpaired) electrons. The molecule has 1 rings (SSSR count). The van der Waals surface area contributed by atoms with Crippen molar-refractivity contribution in [1.82, 2.24) is 0 Å². The number of halogens is 5. The topological polar surface area (TPSA) is 41.8 Å². The van der Waals surface area contributed by atoms with Crippen LogP contribution in [0.5, 0.6) is 0 Å². The molecule has 0 saturated heterocycles. The van der Waals surface area contributed by atoms with E-state index in [1.54, 1.807) is 0 Å². The molecule has 0 spiro atoms. The van der Waals surface area contributed by atoms with E-state index in [1.807, 2.05) is 0 Å². The summed E-state index contributed by atoms with van der Waals surface area (Å²) in [5.41, 5.74) is 0.216. The second kappa shape index (κ2) is 5.72. The molecular formula is C9H5Cl5N2O. The third-order valence-corrected chi connectivity index (χ3v) is 3.40. The number of hydrogen-bond donors (Lipinski definition) is 0. The third-order valence-electron chi connectivity index (χ3n) is 1.70. The first kappa shape index (κ1) is 15.0. The Bertz CT molecular complexity index is 487. The summed E-state index contributed by atoms with van der Waals surface area (Å²) in [6.07, 6.45) is 0. The third kappa shape index (κ3) is 3.97. The Morgan fingerprint density at radius 2 is 1.65 bits per heavy atom. The van der Waals surface area contributed by atoms with Crippen LogP contribution in [0.1, 0.15) is 6.92 Å². The predicted octanol–water partition coefficient (Wildman–Crippen LogP) is 5.45. The van der Waals surface area contributed by atoms with Gasteiger partial charge < -0.3 is 0 Å². The molecule has 1 aromatic rings. The first-order chi connectivity index (χ1) is 7.74. The lowest BCUT2D eigenvalue weighted by Gasteiger charge is -2.08. The number of ketones is 1. The predicted molar refractivity (Wildman–Crippen MR) is 71.1 cm³/mol. The van der Waals surface area contributed by atoms with Crippen LogP contribution in [0.25, 0.3) is 0 Å². The van der Waals surface area contributed by atoms with Gasteiger partial charge in [-0.15, -0.1) is 5.11 Å². The number of rotatable bonds is 3. The average Bonchev–Trinajstić information content (AvgIpc) is 2.21. The minimum absolute atomic E-state index is 0.216. The van der Waals surface area contributed by atoms with E-state index in [-0.39, 0.29) is 20.8 Å². The molecular weight excluding hydrogens is 329 g/mol. The van der Waals surface area contributed by atoms with Gasteiger partial charge in [0.1, 0.15) is 5.69 Å². The SMILES string of the molecule is CC(=O)C(Cl)(Cl)N=Nc1cc(Cl)c(Cl)cc1Cl. The van der Waals surface area contributed by atoms with Gasteiger partial charge in [-0.3, -0.25) is 4.79 Å². The Morgan fingerprint density at radius 1 is 1.12 bits per heavy atom. The van der Waals surface area contributed by atoms with E-state index in [0.29, 0.717) is 0 Å². The number of carbonyl (C=O) groups is 1. The molecule has 1 aromatic carbocycles. The van der Waals surface area contributed by atoms with E-state index in [4.69, 9.17) is 58.0 Å². The van der Waals surface area contributed by atoms with Gasteiger partial charge in [-0.25, -0.2) is 0 Å². The number of nitrogens with zero attached hydrogens (tertiary/aromatic N) is 2. The number of Topliss-reactive ketones (excluding diaryl/α,β-unsaturated/α-hetero) is 1. The molecule has 0 aliphatic rings. The van der Waals surface area contributed by atoms with Gasteiger partial charge in [0.2, 0.25) is 0 Å². The second-order valence-electron chi connectivity index (χ2n) is 3.02. The lowest BCUT2D eigenvalue weighted by atomic mass is 10.3. The Kier molecular flexibility index (Phi) is 5.05. The summed E-state index contributed by atoms with van der Waals surface area (Å²) >= 11 is 28.5. The van der Waals surface area contributed by atoms with Crippen LogP contribution in [-0.2, 0) is 4.79 Å². The highest BCUT2D eigenvalue weighted by molar-refractivity contribution is 6.57. The Hall–Kier alpha value is -0.0600. The van der Waals surface area contributed by atoms with Gasteiger partial charge in [0.15, 0.2) is 5.78 Å². The van der Waals surface area contributed by atoms with E-state index < -0.39 is 10.2 Å². The van der Waals surface area contributed by atoms with Crippen LogP contribution >= 0.6 is 58.0 Å². The first-order valence-electron chi connectivity index (χ1n) is 4.20. The zero-order valence-electron chi connectivity index (χ0n) is 8.35. The molecule has 0 aliphatic heterocycles. The molecule has 8 heteroatoms. The largest absolute Gasteiger partial charge is 0.294 e. The maximum Gasteiger partial charge on any atom is 0.285 e. The normalized spacial score (nSPS) is 12.1. The fraction of sp³-hybridized carbons (Fsp3) is 0.222. The summed E-state index contributed by atoms with van der Waals surface area (Å²) in [7, 11) is 0. The summed E-state index contributed by atoms with van der Waals surface area (Å²) in [6, 6.07) is 2.79. The number of alkyl halides is 2. The molecule has 0 aromatic heterocycles. The summed E-state index contributed by atoms with van der Waals surface area (Å²) in [4.78, 5) is 11.0. The summed E-state index contributed by atoms with van der Waals surface area (Å²) in [5, 5.41) is 7.90. The monoisotopic (exact) mass is 332 g/mol. The van der Waals surface area contributed by atoms with Crippen LogP contribution in [-0.4, -0.2) is 10.2 Å². The molecule has 92 valence electrons. The smallest absolute Gasteiger partial charge is 0.285 e. The van der Waals surface area contributed by atoms with Gasteiger partial charge in [-0.2, -0.15) is 5.11 Å². The fourth-order valence-electron chi connectivity index (χ4n) is 0.776. The lowest BCUT2D eigenvalue weighted by molar-refractivity contribution is -0.117. The van der Waals surface area contributed by atoms with Crippen LogP contribution in [0, 0.1) is 0 Å². The molecule has 0 amide bonds. The number of benzene rings is 1. The summed E-state index contributed by atoms with van der Waals surface area (Å²) < 4.78 is -1.94. The van der Waals surface area contributed by atoms with Gasteiger partial charge in [0.25, 0.3) is 4.46 Å². The molecule has 0 unspecified atom stereocenters. The molecule has 3 nitrogen and oxygen atoms in total. The zero-order valence-corrected chi connectivity index (χ0v) is 12.1. The molecule has 0 fully saturated rings. The zero-order chi connectivity index (χ0) is 13.2.